The molecule has 2 heterocycles. The summed E-state index contributed by atoms with van der Waals surface area (Å²) < 4.78 is 1.75. The van der Waals surface area contributed by atoms with Gasteiger partial charge in [0.2, 0.25) is 17.1 Å². The standard InChI is InChI=1S/C15H19N9S/c1-9(2)24-15(21-22-23-24)25-8-12-18-13(16)20-14(19-12)17-11-6-4-10(3)5-7-11/h4-7,9H,8H2,1-3H3,(H3,16,17,18,19,20). The van der Waals surface area contributed by atoms with E-state index >= 15 is 0 Å². The van der Waals surface area contributed by atoms with Gasteiger partial charge in [-0.3, -0.25) is 0 Å². The molecule has 0 bridgehead atoms. The topological polar surface area (TPSA) is 120 Å². The first-order valence-electron chi connectivity index (χ1n) is 7.76. The Morgan fingerprint density at radius 3 is 2.64 bits per heavy atom. The van der Waals surface area contributed by atoms with Gasteiger partial charge in [-0.25, -0.2) is 4.68 Å². The van der Waals surface area contributed by atoms with Crippen LogP contribution in [0.2, 0.25) is 0 Å². The number of hydrogen-bond donors (Lipinski definition) is 2. The fourth-order valence-electron chi connectivity index (χ4n) is 2.06. The van der Waals surface area contributed by atoms with Crippen molar-refractivity contribution in [2.45, 2.75) is 37.7 Å². The van der Waals surface area contributed by atoms with Gasteiger partial charge < -0.3 is 11.1 Å². The number of nitrogen functional groups attached to an aromatic ring is 1. The Kier molecular flexibility index (Phi) is 5.08. The van der Waals surface area contributed by atoms with E-state index < -0.39 is 0 Å². The SMILES string of the molecule is Cc1ccc(Nc2nc(N)nc(CSc3nnnn3C(C)C)n2)cc1. The average molecular weight is 357 g/mol. The third-order valence-corrected chi connectivity index (χ3v) is 4.22. The van der Waals surface area contributed by atoms with Crippen molar-refractivity contribution in [3.05, 3.63) is 35.7 Å². The van der Waals surface area contributed by atoms with E-state index in [4.69, 9.17) is 5.73 Å². The average Bonchev–Trinajstić information content (AvgIpc) is 3.03. The molecule has 0 aliphatic rings. The number of aromatic nitrogens is 7. The van der Waals surface area contributed by atoms with Crippen LogP contribution in [-0.4, -0.2) is 35.2 Å². The second-order valence-corrected chi connectivity index (χ2v) is 6.66. The molecule has 0 amide bonds. The largest absolute Gasteiger partial charge is 0.368 e. The van der Waals surface area contributed by atoms with E-state index in [1.54, 1.807) is 4.68 Å². The van der Waals surface area contributed by atoms with Gasteiger partial charge in [-0.05, 0) is 43.3 Å². The van der Waals surface area contributed by atoms with Crippen molar-refractivity contribution in [2.75, 3.05) is 11.1 Å². The Balaban J connectivity index is 1.73. The van der Waals surface area contributed by atoms with Crippen LogP contribution in [0.4, 0.5) is 17.6 Å². The van der Waals surface area contributed by atoms with Crippen LogP contribution in [0.15, 0.2) is 29.4 Å². The molecule has 0 saturated heterocycles. The Labute approximate surface area is 149 Å². The van der Waals surface area contributed by atoms with E-state index in [0.717, 1.165) is 5.69 Å². The predicted octanol–water partition coefficient (Wildman–Crippen LogP) is 2.37. The fourth-order valence-corrected chi connectivity index (χ4v) is 2.92. The van der Waals surface area contributed by atoms with Gasteiger partial charge in [-0.2, -0.15) is 15.0 Å². The highest BCUT2D eigenvalue weighted by atomic mass is 32.2. The summed E-state index contributed by atoms with van der Waals surface area (Å²) >= 11 is 1.45. The zero-order valence-electron chi connectivity index (χ0n) is 14.2. The number of benzene rings is 1. The lowest BCUT2D eigenvalue weighted by molar-refractivity contribution is 0.477. The van der Waals surface area contributed by atoms with Crippen molar-refractivity contribution < 1.29 is 0 Å². The van der Waals surface area contributed by atoms with Crippen LogP contribution in [0.1, 0.15) is 31.3 Å². The second kappa shape index (κ2) is 7.43. The Bertz CT molecular complexity index is 844. The maximum absolute atomic E-state index is 5.81. The number of thioether (sulfide) groups is 1. The maximum Gasteiger partial charge on any atom is 0.232 e. The minimum Gasteiger partial charge on any atom is -0.368 e. The molecule has 0 spiro atoms. The molecule has 0 unspecified atom stereocenters. The number of tetrazole rings is 1. The number of hydrogen-bond acceptors (Lipinski definition) is 9. The molecule has 0 fully saturated rings. The molecule has 0 radical (unpaired) electrons. The molecule has 1 aromatic carbocycles. The van der Waals surface area contributed by atoms with Crippen molar-refractivity contribution in [2.24, 2.45) is 0 Å². The van der Waals surface area contributed by atoms with Crippen LogP contribution in [0.25, 0.3) is 0 Å². The van der Waals surface area contributed by atoms with Gasteiger partial charge in [-0.15, -0.1) is 5.10 Å². The third-order valence-electron chi connectivity index (χ3n) is 3.29. The fraction of sp³-hybridized carbons (Fsp3) is 0.333. The molecule has 3 rings (SSSR count). The number of anilines is 3. The molecule has 25 heavy (non-hydrogen) atoms. The summed E-state index contributed by atoms with van der Waals surface area (Å²) in [7, 11) is 0. The molecule has 10 heteroatoms. The van der Waals surface area contributed by atoms with Gasteiger partial charge in [0, 0.05) is 5.69 Å². The molecule has 2 aromatic heterocycles. The van der Waals surface area contributed by atoms with Gasteiger partial charge in [0.25, 0.3) is 0 Å². The lowest BCUT2D eigenvalue weighted by atomic mass is 10.2. The highest BCUT2D eigenvalue weighted by Gasteiger charge is 2.12. The van der Waals surface area contributed by atoms with Crippen molar-refractivity contribution >= 4 is 29.3 Å². The first-order valence-corrected chi connectivity index (χ1v) is 8.74. The molecule has 0 saturated carbocycles. The molecule has 9 nitrogen and oxygen atoms in total. The minimum absolute atomic E-state index is 0.170. The molecule has 3 N–H and O–H groups in total. The number of nitrogens with one attached hydrogen (secondary N) is 1. The van der Waals surface area contributed by atoms with E-state index in [2.05, 4.69) is 35.8 Å². The van der Waals surface area contributed by atoms with Crippen LogP contribution in [0.3, 0.4) is 0 Å². The zero-order chi connectivity index (χ0) is 17.8. The molecular formula is C15H19N9S. The summed E-state index contributed by atoms with van der Waals surface area (Å²) in [6.07, 6.45) is 0. The van der Waals surface area contributed by atoms with Crippen LogP contribution in [-0.2, 0) is 5.75 Å². The summed E-state index contributed by atoms with van der Waals surface area (Å²) in [5.41, 5.74) is 7.88. The molecule has 0 aliphatic carbocycles. The van der Waals surface area contributed by atoms with Crippen LogP contribution in [0.5, 0.6) is 0 Å². The normalized spacial score (nSPS) is 11.0. The van der Waals surface area contributed by atoms with Crippen molar-refractivity contribution in [1.29, 1.82) is 0 Å². The van der Waals surface area contributed by atoms with Gasteiger partial charge in [0.15, 0.2) is 0 Å². The first kappa shape index (κ1) is 17.1. The van der Waals surface area contributed by atoms with Crippen molar-refractivity contribution in [3.63, 3.8) is 0 Å². The number of nitrogens with two attached hydrogens (primary N) is 1. The molecule has 0 aliphatic heterocycles. The molecule has 3 aromatic rings. The highest BCUT2D eigenvalue weighted by molar-refractivity contribution is 7.98. The molecule has 130 valence electrons. The lowest BCUT2D eigenvalue weighted by Crippen LogP contribution is -2.08. The van der Waals surface area contributed by atoms with Gasteiger partial charge in [-0.1, -0.05) is 29.5 Å². The summed E-state index contributed by atoms with van der Waals surface area (Å²) in [4.78, 5) is 12.7. The lowest BCUT2D eigenvalue weighted by Gasteiger charge is -2.08. The van der Waals surface area contributed by atoms with Crippen LogP contribution >= 0.6 is 11.8 Å². The van der Waals surface area contributed by atoms with Gasteiger partial charge >= 0.3 is 0 Å². The highest BCUT2D eigenvalue weighted by Crippen LogP contribution is 2.22. The summed E-state index contributed by atoms with van der Waals surface area (Å²) in [5, 5.41) is 15.5. The van der Waals surface area contributed by atoms with Crippen molar-refractivity contribution in [3.8, 4) is 0 Å². The zero-order valence-corrected chi connectivity index (χ0v) is 15.0. The van der Waals surface area contributed by atoms with Crippen LogP contribution in [0, 0.1) is 6.92 Å². The Morgan fingerprint density at radius 2 is 1.92 bits per heavy atom. The number of nitrogens with zero attached hydrogens (tertiary/aromatic N) is 7. The maximum atomic E-state index is 5.81. The van der Waals surface area contributed by atoms with E-state index in [1.165, 1.54) is 17.3 Å². The van der Waals surface area contributed by atoms with Crippen LogP contribution < -0.4 is 11.1 Å². The van der Waals surface area contributed by atoms with E-state index in [1.807, 2.05) is 45.0 Å². The van der Waals surface area contributed by atoms with Gasteiger partial charge in [0.05, 0.1) is 11.8 Å². The smallest absolute Gasteiger partial charge is 0.232 e. The Hall–Kier alpha value is -2.75. The second-order valence-electron chi connectivity index (χ2n) is 5.71. The summed E-state index contributed by atoms with van der Waals surface area (Å²) in [6, 6.07) is 8.12. The quantitative estimate of drug-likeness (QED) is 0.640. The summed E-state index contributed by atoms with van der Waals surface area (Å²) in [6.45, 7) is 6.07. The first-order chi connectivity index (χ1) is 12.0. The van der Waals surface area contributed by atoms with E-state index in [-0.39, 0.29) is 12.0 Å². The third kappa shape index (κ3) is 4.41. The summed E-state index contributed by atoms with van der Waals surface area (Å²) in [5.74, 6) is 1.63. The number of rotatable bonds is 6. The van der Waals surface area contributed by atoms with E-state index in [0.29, 0.717) is 22.7 Å². The van der Waals surface area contributed by atoms with E-state index in [9.17, 15) is 0 Å². The van der Waals surface area contributed by atoms with Crippen molar-refractivity contribution in [1.82, 2.24) is 35.2 Å². The molecule has 0 atom stereocenters. The predicted molar refractivity (Wildman–Crippen MR) is 96.5 cm³/mol. The Morgan fingerprint density at radius 1 is 1.16 bits per heavy atom. The monoisotopic (exact) mass is 357 g/mol. The van der Waals surface area contributed by atoms with Gasteiger partial charge in [0.1, 0.15) is 5.82 Å². The molecular weight excluding hydrogens is 338 g/mol. The number of aryl methyl sites for hydroxylation is 1. The minimum atomic E-state index is 0.170.